The van der Waals surface area contributed by atoms with E-state index in [-0.39, 0.29) is 18.0 Å². The topological polar surface area (TPSA) is 65.5 Å². The molecule has 0 aliphatic rings. The minimum Gasteiger partial charge on any atom is -0.493 e. The molecule has 5 heteroatoms. The summed E-state index contributed by atoms with van der Waals surface area (Å²) in [6.07, 6.45) is 32.5. The standard InChI is InChI=1S/C42H67NO4/c1-3-5-7-9-11-13-15-17-19-21-23-27-31-46-38-33-37(41(44)36-42(45)40-29-25-26-30-43-40)34-39(35-38)47-32-28-24-22-20-18-16-14-12-10-8-6-4-2/h25-26,29-30,33-35H,3-24,27-28,31-32,36H2,1-2H3. The number of aromatic nitrogens is 1. The number of pyridine rings is 1. The molecule has 1 aromatic carbocycles. The van der Waals surface area contributed by atoms with E-state index in [1.807, 2.05) is 6.07 Å². The van der Waals surface area contributed by atoms with Crippen molar-refractivity contribution in [2.75, 3.05) is 13.2 Å². The van der Waals surface area contributed by atoms with Gasteiger partial charge in [0, 0.05) is 17.8 Å². The summed E-state index contributed by atoms with van der Waals surface area (Å²) in [6, 6.07) is 10.6. The Morgan fingerprint density at radius 1 is 0.511 bits per heavy atom. The first-order valence-corrected chi connectivity index (χ1v) is 19.5. The van der Waals surface area contributed by atoms with E-state index in [9.17, 15) is 9.59 Å². The SMILES string of the molecule is CCCCCCCCCCCCCCOc1cc(OCCCCCCCCCCCCCC)cc(C(=O)CC(=O)c2ccccn2)c1. The van der Waals surface area contributed by atoms with Crippen LogP contribution in [-0.4, -0.2) is 29.8 Å². The molecule has 0 bridgehead atoms. The van der Waals surface area contributed by atoms with E-state index in [1.165, 1.54) is 128 Å². The van der Waals surface area contributed by atoms with E-state index in [2.05, 4.69) is 18.8 Å². The molecule has 0 amide bonds. The number of carbonyl (C=O) groups excluding carboxylic acids is 2. The van der Waals surface area contributed by atoms with Gasteiger partial charge >= 0.3 is 0 Å². The molecule has 1 heterocycles. The fraction of sp³-hybridized carbons (Fsp3) is 0.690. The van der Waals surface area contributed by atoms with Gasteiger partial charge in [0.1, 0.15) is 17.2 Å². The van der Waals surface area contributed by atoms with Gasteiger partial charge in [-0.25, -0.2) is 0 Å². The summed E-state index contributed by atoms with van der Waals surface area (Å²) in [5.74, 6) is 0.742. The lowest BCUT2D eigenvalue weighted by molar-refractivity contribution is 0.0890. The van der Waals surface area contributed by atoms with Crippen molar-refractivity contribution in [2.24, 2.45) is 0 Å². The van der Waals surface area contributed by atoms with Crippen LogP contribution in [0.25, 0.3) is 0 Å². The highest BCUT2D eigenvalue weighted by Gasteiger charge is 2.17. The molecule has 0 radical (unpaired) electrons. The zero-order valence-corrected chi connectivity index (χ0v) is 30.2. The number of Topliss-reactive ketones (excluding diaryl/α,β-unsaturated/α-hetero) is 2. The Morgan fingerprint density at radius 3 is 1.30 bits per heavy atom. The third kappa shape index (κ3) is 21.0. The summed E-state index contributed by atoms with van der Waals surface area (Å²) in [4.78, 5) is 29.9. The molecule has 0 aliphatic carbocycles. The third-order valence-electron chi connectivity index (χ3n) is 9.01. The smallest absolute Gasteiger partial charge is 0.188 e. The zero-order chi connectivity index (χ0) is 33.6. The molecule has 0 spiro atoms. The fourth-order valence-corrected chi connectivity index (χ4v) is 6.03. The van der Waals surface area contributed by atoms with Gasteiger partial charge in [-0.1, -0.05) is 161 Å². The second-order valence-corrected chi connectivity index (χ2v) is 13.4. The first-order chi connectivity index (χ1) is 23.1. The van der Waals surface area contributed by atoms with Crippen molar-refractivity contribution < 1.29 is 19.1 Å². The highest BCUT2D eigenvalue weighted by molar-refractivity contribution is 6.13. The highest BCUT2D eigenvalue weighted by Crippen LogP contribution is 2.25. The van der Waals surface area contributed by atoms with E-state index in [0.717, 1.165) is 25.7 Å². The lowest BCUT2D eigenvalue weighted by Crippen LogP contribution is -2.11. The van der Waals surface area contributed by atoms with Crippen LogP contribution in [0.15, 0.2) is 42.6 Å². The van der Waals surface area contributed by atoms with Gasteiger partial charge in [-0.2, -0.15) is 0 Å². The van der Waals surface area contributed by atoms with Crippen molar-refractivity contribution in [1.29, 1.82) is 0 Å². The molecule has 0 saturated heterocycles. The van der Waals surface area contributed by atoms with Crippen LogP contribution in [0.5, 0.6) is 11.5 Å². The van der Waals surface area contributed by atoms with E-state index >= 15 is 0 Å². The summed E-state index contributed by atoms with van der Waals surface area (Å²) in [7, 11) is 0. The first kappa shape index (κ1) is 40.5. The summed E-state index contributed by atoms with van der Waals surface area (Å²) in [5, 5.41) is 0. The molecule has 0 atom stereocenters. The van der Waals surface area contributed by atoms with E-state index in [0.29, 0.717) is 36.0 Å². The summed E-state index contributed by atoms with van der Waals surface area (Å²) in [6.45, 7) is 5.76. The largest absolute Gasteiger partial charge is 0.493 e. The molecule has 0 unspecified atom stereocenters. The molecule has 264 valence electrons. The van der Waals surface area contributed by atoms with Crippen LogP contribution in [0.3, 0.4) is 0 Å². The first-order valence-electron chi connectivity index (χ1n) is 19.5. The molecule has 0 N–H and O–H groups in total. The molecule has 2 aromatic rings. The minimum atomic E-state index is -0.280. The van der Waals surface area contributed by atoms with Crippen LogP contribution in [0.2, 0.25) is 0 Å². The Kier molecular flexibility index (Phi) is 24.4. The average molecular weight is 650 g/mol. The maximum absolute atomic E-state index is 13.2. The average Bonchev–Trinajstić information content (AvgIpc) is 3.09. The van der Waals surface area contributed by atoms with Crippen LogP contribution in [-0.2, 0) is 0 Å². The Hall–Kier alpha value is -2.69. The molecule has 0 fully saturated rings. The number of benzene rings is 1. The van der Waals surface area contributed by atoms with Gasteiger partial charge in [0.15, 0.2) is 11.6 Å². The van der Waals surface area contributed by atoms with Crippen LogP contribution in [0, 0.1) is 0 Å². The molecule has 5 nitrogen and oxygen atoms in total. The van der Waals surface area contributed by atoms with Crippen LogP contribution in [0.4, 0.5) is 0 Å². The second-order valence-electron chi connectivity index (χ2n) is 13.4. The Bertz CT molecular complexity index is 1010. The van der Waals surface area contributed by atoms with Gasteiger partial charge in [0.05, 0.1) is 19.6 Å². The van der Waals surface area contributed by atoms with Crippen molar-refractivity contribution >= 4 is 11.6 Å². The number of nitrogens with zero attached hydrogens (tertiary/aromatic N) is 1. The minimum absolute atomic E-state index is 0.225. The number of rotatable bonds is 32. The van der Waals surface area contributed by atoms with E-state index < -0.39 is 0 Å². The molecular weight excluding hydrogens is 582 g/mol. The second kappa shape index (κ2) is 28.3. The lowest BCUT2D eigenvalue weighted by Gasteiger charge is -2.12. The third-order valence-corrected chi connectivity index (χ3v) is 9.01. The fourth-order valence-electron chi connectivity index (χ4n) is 6.03. The normalized spacial score (nSPS) is 11.1. The van der Waals surface area contributed by atoms with Crippen molar-refractivity contribution in [3.05, 3.63) is 53.9 Å². The van der Waals surface area contributed by atoms with Gasteiger partial charge in [-0.15, -0.1) is 0 Å². The van der Waals surface area contributed by atoms with Gasteiger partial charge in [0.25, 0.3) is 0 Å². The predicted molar refractivity (Wildman–Crippen MR) is 197 cm³/mol. The zero-order valence-electron chi connectivity index (χ0n) is 30.2. The molecule has 0 saturated carbocycles. The van der Waals surface area contributed by atoms with E-state index in [4.69, 9.17) is 9.47 Å². The number of hydrogen-bond donors (Lipinski definition) is 0. The Balaban J connectivity index is 1.74. The Labute approximate surface area is 288 Å². The van der Waals surface area contributed by atoms with Crippen LogP contribution >= 0.6 is 0 Å². The van der Waals surface area contributed by atoms with Crippen molar-refractivity contribution in [2.45, 2.75) is 174 Å². The lowest BCUT2D eigenvalue weighted by atomic mass is 10.0. The van der Waals surface area contributed by atoms with Crippen molar-refractivity contribution in [3.63, 3.8) is 0 Å². The molecular formula is C42H67NO4. The molecule has 2 rings (SSSR count). The van der Waals surface area contributed by atoms with Gasteiger partial charge in [-0.05, 0) is 37.1 Å². The van der Waals surface area contributed by atoms with Crippen LogP contribution < -0.4 is 9.47 Å². The maximum atomic E-state index is 13.2. The summed E-state index contributed by atoms with van der Waals surface area (Å²) < 4.78 is 12.2. The summed E-state index contributed by atoms with van der Waals surface area (Å²) >= 11 is 0. The van der Waals surface area contributed by atoms with Crippen LogP contribution in [0.1, 0.15) is 195 Å². The number of carbonyl (C=O) groups is 2. The van der Waals surface area contributed by atoms with Crippen molar-refractivity contribution in [3.8, 4) is 11.5 Å². The number of ether oxygens (including phenoxy) is 2. The van der Waals surface area contributed by atoms with Gasteiger partial charge in [0.2, 0.25) is 0 Å². The Morgan fingerprint density at radius 2 is 0.915 bits per heavy atom. The summed E-state index contributed by atoms with van der Waals surface area (Å²) in [5.41, 5.74) is 0.759. The van der Waals surface area contributed by atoms with Crippen molar-refractivity contribution in [1.82, 2.24) is 4.98 Å². The number of hydrogen-bond acceptors (Lipinski definition) is 5. The van der Waals surface area contributed by atoms with E-state index in [1.54, 1.807) is 36.5 Å². The molecule has 0 aliphatic heterocycles. The quantitative estimate of drug-likeness (QED) is 0.0448. The monoisotopic (exact) mass is 650 g/mol. The molecule has 47 heavy (non-hydrogen) atoms. The molecule has 1 aromatic heterocycles. The number of ketones is 2. The maximum Gasteiger partial charge on any atom is 0.188 e. The van der Waals surface area contributed by atoms with Gasteiger partial charge in [-0.3, -0.25) is 14.6 Å². The van der Waals surface area contributed by atoms with Gasteiger partial charge < -0.3 is 9.47 Å². The highest BCUT2D eigenvalue weighted by atomic mass is 16.5. The predicted octanol–water partition coefficient (Wildman–Crippen LogP) is 12.7. The number of unbranched alkanes of at least 4 members (excludes halogenated alkanes) is 22.